The van der Waals surface area contributed by atoms with Gasteiger partial charge in [-0.2, -0.15) is 0 Å². The molecule has 3 N–H and O–H groups in total. The maximum atomic E-state index is 11.7. The molecule has 0 aromatic heterocycles. The first-order valence-electron chi connectivity index (χ1n) is 9.45. The molecule has 0 heterocycles. The van der Waals surface area contributed by atoms with Crippen molar-refractivity contribution in [1.82, 2.24) is 10.6 Å². The quantitative estimate of drug-likeness (QED) is 0.515. The molecule has 2 aromatic rings. The van der Waals surface area contributed by atoms with Crippen LogP contribution < -0.4 is 16.0 Å². The Morgan fingerprint density at radius 3 is 2.19 bits per heavy atom. The van der Waals surface area contributed by atoms with Gasteiger partial charge in [0.15, 0.2) is 5.96 Å². The first kappa shape index (κ1) is 20.5. The van der Waals surface area contributed by atoms with E-state index in [9.17, 15) is 4.79 Å². The lowest BCUT2D eigenvalue weighted by Gasteiger charge is -2.12. The molecule has 0 saturated carbocycles. The summed E-state index contributed by atoms with van der Waals surface area (Å²) in [6.07, 6.45) is 0. The van der Waals surface area contributed by atoms with Gasteiger partial charge in [0.1, 0.15) is 0 Å². The highest BCUT2D eigenvalue weighted by Gasteiger charge is 2.06. The third-order valence-corrected chi connectivity index (χ3v) is 4.09. The molecular weight excluding hydrogens is 336 g/mol. The lowest BCUT2D eigenvalue weighted by atomic mass is 10.1. The molecule has 0 fully saturated rings. The number of guanidine groups is 1. The number of rotatable bonds is 7. The van der Waals surface area contributed by atoms with Gasteiger partial charge in [0.25, 0.3) is 0 Å². The molecule has 144 valence electrons. The van der Waals surface area contributed by atoms with Crippen LogP contribution in [0.5, 0.6) is 0 Å². The minimum Gasteiger partial charge on any atom is -0.357 e. The topological polar surface area (TPSA) is 65.5 Å². The van der Waals surface area contributed by atoms with Gasteiger partial charge in [0.05, 0.1) is 6.54 Å². The molecule has 0 aliphatic rings. The fourth-order valence-corrected chi connectivity index (χ4v) is 2.38. The highest BCUT2D eigenvalue weighted by atomic mass is 16.1. The highest BCUT2D eigenvalue weighted by molar-refractivity contribution is 5.92. The standard InChI is InChI=1S/C22H30N4O/c1-5-23-22(24-14-18-8-6-17(4)7-9-18)25-15-19-10-12-20(13-11-19)26-21(27)16(2)3/h6-13,16H,5,14-15H2,1-4H3,(H,26,27)(H2,23,24,25). The molecule has 0 saturated heterocycles. The molecule has 0 atom stereocenters. The van der Waals surface area contributed by atoms with Crippen molar-refractivity contribution >= 4 is 17.6 Å². The largest absolute Gasteiger partial charge is 0.357 e. The van der Waals surface area contributed by atoms with Crippen LogP contribution in [0.4, 0.5) is 5.69 Å². The van der Waals surface area contributed by atoms with E-state index in [4.69, 9.17) is 0 Å². The minimum atomic E-state index is -0.0310. The number of carbonyl (C=O) groups is 1. The molecule has 0 aliphatic heterocycles. The van der Waals surface area contributed by atoms with Crippen LogP contribution in [-0.2, 0) is 17.9 Å². The summed E-state index contributed by atoms with van der Waals surface area (Å²) in [5, 5.41) is 9.52. The first-order chi connectivity index (χ1) is 13.0. The lowest BCUT2D eigenvalue weighted by molar-refractivity contribution is -0.118. The van der Waals surface area contributed by atoms with Gasteiger partial charge in [-0.05, 0) is 37.1 Å². The van der Waals surface area contributed by atoms with Gasteiger partial charge in [-0.1, -0.05) is 55.8 Å². The fraction of sp³-hybridized carbons (Fsp3) is 0.364. The van der Waals surface area contributed by atoms with E-state index in [-0.39, 0.29) is 11.8 Å². The number of benzene rings is 2. The van der Waals surface area contributed by atoms with Gasteiger partial charge in [0, 0.05) is 24.7 Å². The van der Waals surface area contributed by atoms with Crippen LogP contribution in [0.15, 0.2) is 53.5 Å². The normalized spacial score (nSPS) is 11.4. The van der Waals surface area contributed by atoms with Gasteiger partial charge >= 0.3 is 0 Å². The Kier molecular flexibility index (Phi) is 7.86. The van der Waals surface area contributed by atoms with Crippen molar-refractivity contribution in [3.63, 3.8) is 0 Å². The zero-order chi connectivity index (χ0) is 19.6. The summed E-state index contributed by atoms with van der Waals surface area (Å²) < 4.78 is 0. The van der Waals surface area contributed by atoms with Crippen molar-refractivity contribution in [3.05, 3.63) is 65.2 Å². The molecule has 27 heavy (non-hydrogen) atoms. The number of nitrogens with one attached hydrogen (secondary N) is 3. The average Bonchev–Trinajstić information content (AvgIpc) is 2.66. The SMILES string of the molecule is CCNC(=NCc1ccc(NC(=O)C(C)C)cc1)NCc1ccc(C)cc1. The Labute approximate surface area is 162 Å². The van der Waals surface area contributed by atoms with E-state index in [0.717, 1.165) is 30.3 Å². The van der Waals surface area contributed by atoms with Crippen LogP contribution in [0, 0.1) is 12.8 Å². The number of hydrogen-bond acceptors (Lipinski definition) is 2. The monoisotopic (exact) mass is 366 g/mol. The van der Waals surface area contributed by atoms with Crippen LogP contribution in [0.3, 0.4) is 0 Å². The number of anilines is 1. The number of aryl methyl sites for hydroxylation is 1. The van der Waals surface area contributed by atoms with Crippen molar-refractivity contribution in [2.24, 2.45) is 10.9 Å². The summed E-state index contributed by atoms with van der Waals surface area (Å²) in [7, 11) is 0. The van der Waals surface area contributed by atoms with Crippen molar-refractivity contribution in [3.8, 4) is 0 Å². The zero-order valence-corrected chi connectivity index (χ0v) is 16.7. The summed E-state index contributed by atoms with van der Waals surface area (Å²) in [4.78, 5) is 16.4. The molecule has 0 unspecified atom stereocenters. The fourth-order valence-electron chi connectivity index (χ4n) is 2.38. The number of nitrogens with zero attached hydrogens (tertiary/aromatic N) is 1. The van der Waals surface area contributed by atoms with E-state index in [1.807, 2.05) is 38.1 Å². The third-order valence-electron chi connectivity index (χ3n) is 4.09. The van der Waals surface area contributed by atoms with Crippen LogP contribution in [-0.4, -0.2) is 18.4 Å². The second-order valence-electron chi connectivity index (χ2n) is 6.88. The third kappa shape index (κ3) is 7.13. The first-order valence-corrected chi connectivity index (χ1v) is 9.45. The van der Waals surface area contributed by atoms with E-state index in [0.29, 0.717) is 6.54 Å². The van der Waals surface area contributed by atoms with Crippen LogP contribution >= 0.6 is 0 Å². The Hall–Kier alpha value is -2.82. The summed E-state index contributed by atoms with van der Waals surface area (Å²) >= 11 is 0. The number of hydrogen-bond donors (Lipinski definition) is 3. The Morgan fingerprint density at radius 2 is 1.59 bits per heavy atom. The molecule has 0 spiro atoms. The second kappa shape index (κ2) is 10.4. The van der Waals surface area contributed by atoms with Gasteiger partial charge in [-0.25, -0.2) is 4.99 Å². The molecule has 1 amide bonds. The van der Waals surface area contributed by atoms with Crippen LogP contribution in [0.25, 0.3) is 0 Å². The van der Waals surface area contributed by atoms with Gasteiger partial charge < -0.3 is 16.0 Å². The minimum absolute atomic E-state index is 0.0236. The summed E-state index contributed by atoms with van der Waals surface area (Å²) in [5.74, 6) is 0.780. The van der Waals surface area contributed by atoms with Crippen LogP contribution in [0.2, 0.25) is 0 Å². The Bertz CT molecular complexity index is 749. The molecule has 0 radical (unpaired) electrons. The molecule has 2 aromatic carbocycles. The predicted molar refractivity (Wildman–Crippen MR) is 113 cm³/mol. The number of aliphatic imine (C=N–C) groups is 1. The Balaban J connectivity index is 1.93. The summed E-state index contributed by atoms with van der Waals surface area (Å²) in [5.41, 5.74) is 4.37. The molecule has 5 nitrogen and oxygen atoms in total. The lowest BCUT2D eigenvalue weighted by Crippen LogP contribution is -2.36. The molecule has 2 rings (SSSR count). The van der Waals surface area contributed by atoms with E-state index in [1.54, 1.807) is 0 Å². The van der Waals surface area contributed by atoms with E-state index in [2.05, 4.69) is 59.1 Å². The van der Waals surface area contributed by atoms with Crippen molar-refractivity contribution in [2.45, 2.75) is 40.8 Å². The van der Waals surface area contributed by atoms with Crippen molar-refractivity contribution in [2.75, 3.05) is 11.9 Å². The van der Waals surface area contributed by atoms with Crippen molar-refractivity contribution < 1.29 is 4.79 Å². The maximum absolute atomic E-state index is 11.7. The molecular formula is C22H30N4O. The second-order valence-corrected chi connectivity index (χ2v) is 6.88. The molecule has 0 bridgehead atoms. The summed E-state index contributed by atoms with van der Waals surface area (Å²) in [6, 6.07) is 16.3. The summed E-state index contributed by atoms with van der Waals surface area (Å²) in [6.45, 7) is 10.00. The molecule has 0 aliphatic carbocycles. The van der Waals surface area contributed by atoms with E-state index >= 15 is 0 Å². The maximum Gasteiger partial charge on any atom is 0.226 e. The average molecular weight is 367 g/mol. The van der Waals surface area contributed by atoms with Gasteiger partial charge in [0.2, 0.25) is 5.91 Å². The van der Waals surface area contributed by atoms with E-state index < -0.39 is 0 Å². The molecule has 5 heteroatoms. The van der Waals surface area contributed by atoms with Gasteiger partial charge in [-0.15, -0.1) is 0 Å². The number of carbonyl (C=O) groups excluding carboxylic acids is 1. The van der Waals surface area contributed by atoms with E-state index in [1.165, 1.54) is 11.1 Å². The number of amides is 1. The van der Waals surface area contributed by atoms with Crippen LogP contribution in [0.1, 0.15) is 37.5 Å². The van der Waals surface area contributed by atoms with Gasteiger partial charge in [-0.3, -0.25) is 4.79 Å². The zero-order valence-electron chi connectivity index (χ0n) is 16.7. The highest BCUT2D eigenvalue weighted by Crippen LogP contribution is 2.11. The Morgan fingerprint density at radius 1 is 0.963 bits per heavy atom. The van der Waals surface area contributed by atoms with Crippen molar-refractivity contribution in [1.29, 1.82) is 0 Å². The smallest absolute Gasteiger partial charge is 0.226 e. The predicted octanol–water partition coefficient (Wildman–Crippen LogP) is 3.84.